The summed E-state index contributed by atoms with van der Waals surface area (Å²) in [5, 5.41) is 8.88. The molecule has 1 aromatic rings. The van der Waals surface area contributed by atoms with Crippen LogP contribution in [0.2, 0.25) is 0 Å². The molecule has 3 atom stereocenters. The second kappa shape index (κ2) is 8.52. The summed E-state index contributed by atoms with van der Waals surface area (Å²) >= 11 is 0. The van der Waals surface area contributed by atoms with Crippen molar-refractivity contribution in [2.45, 2.75) is 32.2 Å². The van der Waals surface area contributed by atoms with Gasteiger partial charge < -0.3 is 9.64 Å². The Morgan fingerprint density at radius 3 is 2.42 bits per heavy atom. The normalized spacial score (nSPS) is 28.7. The number of piperidine rings is 2. The van der Waals surface area contributed by atoms with Gasteiger partial charge >= 0.3 is 0 Å². The molecular formula is C22H31N3O. The zero-order valence-corrected chi connectivity index (χ0v) is 15.8. The highest BCUT2D eigenvalue weighted by molar-refractivity contribution is 5.31. The molecule has 140 valence electrons. The Labute approximate surface area is 157 Å². The van der Waals surface area contributed by atoms with Crippen molar-refractivity contribution in [1.29, 1.82) is 5.26 Å². The average molecular weight is 354 g/mol. The highest BCUT2D eigenvalue weighted by Crippen LogP contribution is 2.51. The van der Waals surface area contributed by atoms with Crippen LogP contribution in [0.25, 0.3) is 0 Å². The van der Waals surface area contributed by atoms with Gasteiger partial charge in [0.2, 0.25) is 0 Å². The van der Waals surface area contributed by atoms with E-state index in [-0.39, 0.29) is 0 Å². The maximum absolute atomic E-state index is 8.88. The van der Waals surface area contributed by atoms with E-state index in [1.807, 2.05) is 12.1 Å². The van der Waals surface area contributed by atoms with Crippen molar-refractivity contribution in [2.75, 3.05) is 45.9 Å². The monoisotopic (exact) mass is 353 g/mol. The summed E-state index contributed by atoms with van der Waals surface area (Å²) in [7, 11) is 0. The van der Waals surface area contributed by atoms with Crippen molar-refractivity contribution in [3.05, 3.63) is 35.4 Å². The Kier molecular flexibility index (Phi) is 5.89. The van der Waals surface area contributed by atoms with Gasteiger partial charge in [0.15, 0.2) is 0 Å². The number of rotatable bonds is 8. The van der Waals surface area contributed by atoms with Crippen molar-refractivity contribution >= 4 is 0 Å². The summed E-state index contributed by atoms with van der Waals surface area (Å²) < 4.78 is 5.99. The fourth-order valence-corrected chi connectivity index (χ4v) is 4.85. The zero-order valence-electron chi connectivity index (χ0n) is 15.8. The third-order valence-electron chi connectivity index (χ3n) is 6.46. The highest BCUT2D eigenvalue weighted by atomic mass is 16.5. The molecule has 4 rings (SSSR count). The molecule has 1 aromatic carbocycles. The molecule has 3 aliphatic rings. The Morgan fingerprint density at radius 2 is 1.73 bits per heavy atom. The first kappa shape index (κ1) is 18.0. The summed E-state index contributed by atoms with van der Waals surface area (Å²) in [5.41, 5.74) is 2.06. The van der Waals surface area contributed by atoms with Crippen LogP contribution in [-0.2, 0) is 11.3 Å². The van der Waals surface area contributed by atoms with Gasteiger partial charge in [-0.05, 0) is 67.8 Å². The molecule has 0 aromatic heterocycles. The van der Waals surface area contributed by atoms with Gasteiger partial charge in [-0.1, -0.05) is 18.6 Å². The molecule has 4 heteroatoms. The predicted molar refractivity (Wildman–Crippen MR) is 103 cm³/mol. The van der Waals surface area contributed by atoms with Crippen molar-refractivity contribution in [3.63, 3.8) is 0 Å². The van der Waals surface area contributed by atoms with E-state index in [0.717, 1.165) is 43.1 Å². The minimum absolute atomic E-state index is 0.746. The van der Waals surface area contributed by atoms with E-state index >= 15 is 0 Å². The molecule has 2 saturated heterocycles. The molecule has 4 nitrogen and oxygen atoms in total. The van der Waals surface area contributed by atoms with Gasteiger partial charge in [0.25, 0.3) is 0 Å². The first-order valence-electron chi connectivity index (χ1n) is 10.3. The van der Waals surface area contributed by atoms with E-state index in [0.29, 0.717) is 0 Å². The molecular weight excluding hydrogens is 322 g/mol. The molecule has 1 saturated carbocycles. The molecule has 0 bridgehead atoms. The van der Waals surface area contributed by atoms with Crippen LogP contribution in [0.3, 0.4) is 0 Å². The van der Waals surface area contributed by atoms with Crippen molar-refractivity contribution in [1.82, 2.24) is 9.80 Å². The summed E-state index contributed by atoms with van der Waals surface area (Å²) in [4.78, 5) is 5.16. The molecule has 26 heavy (non-hydrogen) atoms. The largest absolute Gasteiger partial charge is 0.381 e. The lowest BCUT2D eigenvalue weighted by atomic mass is 10.1. The van der Waals surface area contributed by atoms with Crippen LogP contribution < -0.4 is 0 Å². The summed E-state index contributed by atoms with van der Waals surface area (Å²) in [6.45, 7) is 9.15. The van der Waals surface area contributed by atoms with E-state index in [9.17, 15) is 0 Å². The van der Waals surface area contributed by atoms with Gasteiger partial charge in [-0.2, -0.15) is 5.26 Å². The van der Waals surface area contributed by atoms with Gasteiger partial charge in [-0.25, -0.2) is 0 Å². The standard InChI is InChI=1S/C22H31N3O/c23-13-18-5-7-19(8-6-18)14-25-15-20-21(16-25)22(20)17-26-12-4-11-24-9-2-1-3-10-24/h5-8,20-22H,1-4,9-12,14-17H2/t20-,21?,22?/m1/s1. The molecule has 2 heterocycles. The third kappa shape index (κ3) is 4.46. The average Bonchev–Trinajstić information content (AvgIpc) is 3.14. The van der Waals surface area contributed by atoms with E-state index in [4.69, 9.17) is 10.00 Å². The maximum atomic E-state index is 8.88. The zero-order chi connectivity index (χ0) is 17.8. The van der Waals surface area contributed by atoms with Crippen molar-refractivity contribution < 1.29 is 4.74 Å². The number of nitrogens with zero attached hydrogens (tertiary/aromatic N) is 3. The second-order valence-corrected chi connectivity index (χ2v) is 8.33. The molecule has 0 spiro atoms. The lowest BCUT2D eigenvalue weighted by molar-refractivity contribution is 0.0967. The summed E-state index contributed by atoms with van der Waals surface area (Å²) in [6.07, 6.45) is 5.36. The molecule has 3 fully saturated rings. The fraction of sp³-hybridized carbons (Fsp3) is 0.682. The quantitative estimate of drug-likeness (QED) is 0.673. The smallest absolute Gasteiger partial charge is 0.0991 e. The number of nitriles is 1. The number of hydrogen-bond donors (Lipinski definition) is 0. The van der Waals surface area contributed by atoms with E-state index in [1.165, 1.54) is 64.0 Å². The molecule has 2 unspecified atom stereocenters. The maximum Gasteiger partial charge on any atom is 0.0991 e. The van der Waals surface area contributed by atoms with Gasteiger partial charge in [-0.15, -0.1) is 0 Å². The summed E-state index contributed by atoms with van der Waals surface area (Å²) in [6, 6.07) is 10.2. The number of benzene rings is 1. The van der Waals surface area contributed by atoms with Crippen LogP contribution in [0.15, 0.2) is 24.3 Å². The lowest BCUT2D eigenvalue weighted by Crippen LogP contribution is -2.31. The SMILES string of the molecule is N#Cc1ccc(CN2CC3C(COCCCN4CCCCC4)[C@@H]3C2)cc1. The molecule has 2 aliphatic heterocycles. The predicted octanol–water partition coefficient (Wildman–Crippen LogP) is 3.13. The van der Waals surface area contributed by atoms with Gasteiger partial charge in [0.05, 0.1) is 18.2 Å². The highest BCUT2D eigenvalue weighted by Gasteiger charge is 2.55. The molecule has 0 amide bonds. The number of likely N-dealkylation sites (tertiary alicyclic amines) is 2. The van der Waals surface area contributed by atoms with Crippen LogP contribution in [-0.4, -0.2) is 55.7 Å². The second-order valence-electron chi connectivity index (χ2n) is 8.33. The van der Waals surface area contributed by atoms with Crippen LogP contribution in [0, 0.1) is 29.1 Å². The van der Waals surface area contributed by atoms with E-state index in [1.54, 1.807) is 0 Å². The molecule has 1 aliphatic carbocycles. The van der Waals surface area contributed by atoms with Crippen molar-refractivity contribution in [2.24, 2.45) is 17.8 Å². The Bertz CT molecular complexity index is 605. The Hall–Kier alpha value is -1.41. The topological polar surface area (TPSA) is 39.5 Å². The first-order valence-corrected chi connectivity index (χ1v) is 10.3. The van der Waals surface area contributed by atoms with E-state index in [2.05, 4.69) is 28.0 Å². The number of ether oxygens (including phenoxy) is 1. The number of hydrogen-bond acceptors (Lipinski definition) is 4. The Balaban J connectivity index is 1.08. The number of fused-ring (bicyclic) bond motifs is 1. The van der Waals surface area contributed by atoms with Gasteiger partial charge in [0.1, 0.15) is 0 Å². The lowest BCUT2D eigenvalue weighted by Gasteiger charge is -2.26. The van der Waals surface area contributed by atoms with Crippen LogP contribution in [0.1, 0.15) is 36.8 Å². The minimum Gasteiger partial charge on any atom is -0.381 e. The molecule has 0 N–H and O–H groups in total. The summed E-state index contributed by atoms with van der Waals surface area (Å²) in [5.74, 6) is 2.52. The Morgan fingerprint density at radius 1 is 1.00 bits per heavy atom. The van der Waals surface area contributed by atoms with Crippen LogP contribution in [0.4, 0.5) is 0 Å². The van der Waals surface area contributed by atoms with Gasteiger partial charge in [-0.3, -0.25) is 4.90 Å². The minimum atomic E-state index is 0.746. The first-order chi connectivity index (χ1) is 12.8. The third-order valence-corrected chi connectivity index (χ3v) is 6.46. The van der Waals surface area contributed by atoms with E-state index < -0.39 is 0 Å². The van der Waals surface area contributed by atoms with Crippen molar-refractivity contribution in [3.8, 4) is 6.07 Å². The van der Waals surface area contributed by atoms with Crippen LogP contribution >= 0.6 is 0 Å². The van der Waals surface area contributed by atoms with Crippen LogP contribution in [0.5, 0.6) is 0 Å². The fourth-order valence-electron chi connectivity index (χ4n) is 4.85. The molecule has 0 radical (unpaired) electrons. The van der Waals surface area contributed by atoms with Gasteiger partial charge in [0, 0.05) is 32.8 Å².